The van der Waals surface area contributed by atoms with E-state index >= 15 is 4.39 Å². The van der Waals surface area contributed by atoms with Crippen molar-refractivity contribution < 1.29 is 38.1 Å². The minimum atomic E-state index is -2.00. The summed E-state index contributed by atoms with van der Waals surface area (Å²) in [7, 11) is 0. The lowest BCUT2D eigenvalue weighted by Crippen LogP contribution is -2.76. The number of carbonyl (C=O) groups is 4. The number of aliphatic hydroxyl groups excluding tert-OH is 1. The third-order valence-corrected chi connectivity index (χ3v) is 11.9. The van der Waals surface area contributed by atoms with Crippen LogP contribution >= 0.6 is 0 Å². The van der Waals surface area contributed by atoms with Crippen LogP contribution in [0.1, 0.15) is 69.3 Å². The van der Waals surface area contributed by atoms with E-state index in [1.54, 1.807) is 37.3 Å². The van der Waals surface area contributed by atoms with Gasteiger partial charge in [-0.05, 0) is 74.1 Å². The number of amides is 1. The van der Waals surface area contributed by atoms with Gasteiger partial charge >= 0.3 is 5.97 Å². The van der Waals surface area contributed by atoms with Crippen LogP contribution in [0.2, 0.25) is 0 Å². The Morgan fingerprint density at radius 1 is 1.22 bits per heavy atom. The van der Waals surface area contributed by atoms with Crippen molar-refractivity contribution in [2.45, 2.75) is 83.3 Å². The average Bonchev–Trinajstić information content (AvgIpc) is 3.16. The summed E-state index contributed by atoms with van der Waals surface area (Å²) in [5.74, 6) is -2.70. The molecule has 0 unspecified atom stereocenters. The summed E-state index contributed by atoms with van der Waals surface area (Å²) in [5.41, 5.74) is 2.20. The molecule has 0 radical (unpaired) electrons. The minimum absolute atomic E-state index is 0.0421. The molecule has 1 aromatic carbocycles. The fourth-order valence-electron chi connectivity index (χ4n) is 9.46. The number of Topliss-reactive ketones (excluding diaryl/α,β-unsaturated/α-hetero) is 1. The van der Waals surface area contributed by atoms with Crippen molar-refractivity contribution >= 4 is 23.4 Å². The van der Waals surface area contributed by atoms with E-state index in [2.05, 4.69) is 5.32 Å². The zero-order chi connectivity index (χ0) is 32.5. The number of allylic oxidation sites excluding steroid dienone is 4. The van der Waals surface area contributed by atoms with Gasteiger partial charge < -0.3 is 25.6 Å². The molecule has 9 nitrogen and oxygen atoms in total. The summed E-state index contributed by atoms with van der Waals surface area (Å²) >= 11 is 0. The second-order valence-corrected chi connectivity index (χ2v) is 14.3. The smallest absolute Gasteiger partial charge is 0.338 e. The molecule has 9 atom stereocenters. The van der Waals surface area contributed by atoms with Gasteiger partial charge in [0.1, 0.15) is 5.60 Å². The molecule has 1 aliphatic heterocycles. The van der Waals surface area contributed by atoms with E-state index in [9.17, 15) is 24.3 Å². The standard InChI is InChI=1S/C35H43FN2O7/c1-19(2)29(37)30(42)38-16-21-7-5-6-8-24(21)31(43)44-17-28(41)35-20(3)13-26-25-10-9-22-14-23(39)11-12-32(22,4)34(25,36)27(40)15-33(26,35)18-45-35/h5-8,11-12,14,19-20,25-27,29,40H,9-10,13,15-18,37H2,1-4H3,(H,38,42)/t20-,25+,26+,27+,29+,32+,33-,34+,35+/m1/s1. The van der Waals surface area contributed by atoms with Gasteiger partial charge in [-0.3, -0.25) is 14.4 Å². The first-order chi connectivity index (χ1) is 21.2. The minimum Gasteiger partial charge on any atom is -0.454 e. The van der Waals surface area contributed by atoms with Crippen molar-refractivity contribution in [3.63, 3.8) is 0 Å². The molecule has 242 valence electrons. The third kappa shape index (κ3) is 4.35. The number of hydrogen-bond acceptors (Lipinski definition) is 8. The zero-order valence-corrected chi connectivity index (χ0v) is 26.3. The largest absolute Gasteiger partial charge is 0.454 e. The molecule has 45 heavy (non-hydrogen) atoms. The number of alkyl halides is 1. The monoisotopic (exact) mass is 622 g/mol. The summed E-state index contributed by atoms with van der Waals surface area (Å²) in [6.45, 7) is 7.13. The summed E-state index contributed by atoms with van der Waals surface area (Å²) in [5, 5.41) is 14.4. The Bertz CT molecular complexity index is 1510. The van der Waals surface area contributed by atoms with Gasteiger partial charge in [0.05, 0.1) is 24.3 Å². The molecule has 1 amide bonds. The number of ether oxygens (including phenoxy) is 2. The van der Waals surface area contributed by atoms with Crippen molar-refractivity contribution in [2.24, 2.45) is 40.2 Å². The first kappa shape index (κ1) is 31.8. The number of esters is 1. The molecule has 10 heteroatoms. The van der Waals surface area contributed by atoms with Gasteiger partial charge in [-0.15, -0.1) is 0 Å². The van der Waals surface area contributed by atoms with Crippen LogP contribution in [0.5, 0.6) is 0 Å². The number of hydrogen-bond donors (Lipinski definition) is 3. The summed E-state index contributed by atoms with van der Waals surface area (Å²) < 4.78 is 29.2. The lowest BCUT2D eigenvalue weighted by atomic mass is 9.43. The number of rotatable bonds is 8. The Hall–Kier alpha value is -3.21. The topological polar surface area (TPSA) is 145 Å². The number of ketones is 2. The van der Waals surface area contributed by atoms with Crippen molar-refractivity contribution in [2.75, 3.05) is 13.2 Å². The molecular weight excluding hydrogens is 579 g/mol. The molecular formula is C35H43FN2O7. The maximum Gasteiger partial charge on any atom is 0.338 e. The quantitative estimate of drug-likeness (QED) is 0.375. The van der Waals surface area contributed by atoms with Crippen LogP contribution < -0.4 is 11.1 Å². The number of nitrogens with one attached hydrogen (secondary N) is 1. The van der Waals surface area contributed by atoms with E-state index in [-0.39, 0.29) is 54.6 Å². The maximum atomic E-state index is 17.5. The molecule has 6 rings (SSSR count). The summed E-state index contributed by atoms with van der Waals surface area (Å²) in [4.78, 5) is 51.8. The number of carbonyl (C=O) groups excluding carboxylic acids is 4. The maximum absolute atomic E-state index is 17.5. The molecule has 1 spiro atoms. The second kappa shape index (κ2) is 11.0. The van der Waals surface area contributed by atoms with Crippen molar-refractivity contribution in [3.05, 3.63) is 59.2 Å². The number of nitrogens with two attached hydrogens (primary N) is 1. The van der Waals surface area contributed by atoms with Crippen molar-refractivity contribution in [1.29, 1.82) is 0 Å². The number of benzene rings is 1. The predicted molar refractivity (Wildman–Crippen MR) is 162 cm³/mol. The Kier molecular flexibility index (Phi) is 7.73. The van der Waals surface area contributed by atoms with Crippen LogP contribution in [0.25, 0.3) is 0 Å². The van der Waals surface area contributed by atoms with Gasteiger partial charge in [-0.1, -0.05) is 50.6 Å². The second-order valence-electron chi connectivity index (χ2n) is 14.3. The lowest BCUT2D eigenvalue weighted by molar-refractivity contribution is -0.309. The van der Waals surface area contributed by atoms with Crippen molar-refractivity contribution in [1.82, 2.24) is 5.32 Å². The van der Waals surface area contributed by atoms with E-state index in [0.717, 1.165) is 0 Å². The van der Waals surface area contributed by atoms with Gasteiger partial charge in [0.25, 0.3) is 0 Å². The van der Waals surface area contributed by atoms with Gasteiger partial charge in [0, 0.05) is 23.3 Å². The number of halogens is 1. The van der Waals surface area contributed by atoms with Crippen LogP contribution in [-0.4, -0.2) is 65.2 Å². The van der Waals surface area contributed by atoms with Gasteiger partial charge in [-0.2, -0.15) is 0 Å². The highest BCUT2D eigenvalue weighted by molar-refractivity contribution is 6.01. The highest BCUT2D eigenvalue weighted by Gasteiger charge is 2.81. The van der Waals surface area contributed by atoms with E-state index < -0.39 is 58.5 Å². The molecule has 4 aliphatic carbocycles. The molecule has 0 bridgehead atoms. The normalized spacial score (nSPS) is 38.6. The molecule has 0 aromatic heterocycles. The van der Waals surface area contributed by atoms with Crippen LogP contribution in [-0.2, 0) is 30.4 Å². The van der Waals surface area contributed by atoms with Gasteiger partial charge in [0.15, 0.2) is 18.1 Å². The van der Waals surface area contributed by atoms with Gasteiger partial charge in [0.2, 0.25) is 11.7 Å². The van der Waals surface area contributed by atoms with E-state index in [1.165, 1.54) is 12.2 Å². The first-order valence-corrected chi connectivity index (χ1v) is 16.0. The molecule has 4 N–H and O–H groups in total. The Morgan fingerprint density at radius 3 is 2.64 bits per heavy atom. The van der Waals surface area contributed by atoms with E-state index in [4.69, 9.17) is 15.2 Å². The lowest BCUT2D eigenvalue weighted by Gasteiger charge is -2.67. The molecule has 4 fully saturated rings. The third-order valence-electron chi connectivity index (χ3n) is 11.9. The highest BCUT2D eigenvalue weighted by atomic mass is 19.1. The van der Waals surface area contributed by atoms with Crippen LogP contribution in [0, 0.1) is 34.5 Å². The van der Waals surface area contributed by atoms with Gasteiger partial charge in [-0.25, -0.2) is 9.18 Å². The number of aliphatic hydroxyl groups is 1. The molecule has 3 saturated carbocycles. The first-order valence-electron chi connectivity index (χ1n) is 16.0. The molecule has 1 saturated heterocycles. The molecule has 1 aromatic rings. The average molecular weight is 623 g/mol. The zero-order valence-electron chi connectivity index (χ0n) is 26.3. The fraction of sp³-hybridized carbons (Fsp3) is 0.600. The highest BCUT2D eigenvalue weighted by Crippen LogP contribution is 2.74. The Morgan fingerprint density at radius 2 is 1.96 bits per heavy atom. The van der Waals surface area contributed by atoms with E-state index in [1.807, 2.05) is 20.8 Å². The molecule has 1 heterocycles. The van der Waals surface area contributed by atoms with E-state index in [0.29, 0.717) is 30.4 Å². The number of fused-ring (bicyclic) bond motifs is 4. The molecule has 5 aliphatic rings. The SMILES string of the molecule is CC(C)[C@H](N)C(=O)NCc1ccccc1C(=O)OCC(=O)[C@]12OC[C@@]13C[C@H](O)[C@@]1(F)[C@@H](CCC4=CC(=O)C=C[C@@]41C)[C@@H]3C[C@H]2C. The van der Waals surface area contributed by atoms with Crippen LogP contribution in [0.4, 0.5) is 4.39 Å². The Balaban J connectivity index is 1.19. The van der Waals surface area contributed by atoms with Crippen LogP contribution in [0.15, 0.2) is 48.1 Å². The predicted octanol–water partition coefficient (Wildman–Crippen LogP) is 3.38. The Labute approximate surface area is 262 Å². The summed E-state index contributed by atoms with van der Waals surface area (Å²) in [6, 6.07) is 5.99. The van der Waals surface area contributed by atoms with Crippen molar-refractivity contribution in [3.8, 4) is 0 Å². The summed E-state index contributed by atoms with van der Waals surface area (Å²) in [6.07, 6.45) is 4.73. The fourth-order valence-corrected chi connectivity index (χ4v) is 9.46. The van der Waals surface area contributed by atoms with Crippen LogP contribution in [0.3, 0.4) is 0 Å².